The summed E-state index contributed by atoms with van der Waals surface area (Å²) in [6, 6.07) is 9.51. The van der Waals surface area contributed by atoms with Gasteiger partial charge < -0.3 is 0 Å². The first-order chi connectivity index (χ1) is 12.8. The molecule has 136 valence electrons. The van der Waals surface area contributed by atoms with Crippen LogP contribution in [0.1, 0.15) is 82.1 Å². The predicted octanol–water partition coefficient (Wildman–Crippen LogP) is 5.19. The number of para-hydroxylation sites is 2. The molecular formula is C22H29N4+. The van der Waals surface area contributed by atoms with Crippen LogP contribution in [0.2, 0.25) is 0 Å². The SMILES string of the molecule is Cc1n(C2CCCCC2)c2nc3ccccc3nc2[n+]1C1CCCCC1. The number of benzene rings is 1. The van der Waals surface area contributed by atoms with E-state index in [1.165, 1.54) is 70.0 Å². The largest absolute Gasteiger partial charge is 0.323 e. The van der Waals surface area contributed by atoms with E-state index in [0.29, 0.717) is 12.1 Å². The average molecular weight is 350 g/mol. The number of rotatable bonds is 2. The molecule has 2 aliphatic carbocycles. The van der Waals surface area contributed by atoms with E-state index in [0.717, 1.165) is 22.3 Å². The summed E-state index contributed by atoms with van der Waals surface area (Å²) in [5.41, 5.74) is 4.26. The molecule has 0 spiro atoms. The van der Waals surface area contributed by atoms with Crippen LogP contribution < -0.4 is 4.57 Å². The Morgan fingerprint density at radius 2 is 1.46 bits per heavy atom. The third-order valence-electron chi connectivity index (χ3n) is 6.57. The fraction of sp³-hybridized carbons (Fsp3) is 0.591. The highest BCUT2D eigenvalue weighted by Gasteiger charge is 2.33. The number of hydrogen-bond donors (Lipinski definition) is 0. The van der Waals surface area contributed by atoms with Gasteiger partial charge in [-0.2, -0.15) is 0 Å². The molecule has 0 saturated heterocycles. The van der Waals surface area contributed by atoms with Gasteiger partial charge in [-0.15, -0.1) is 0 Å². The van der Waals surface area contributed by atoms with Gasteiger partial charge in [-0.25, -0.2) is 14.1 Å². The molecule has 0 radical (unpaired) electrons. The standard InChI is InChI=1S/C22H29N4/c1-16-25(17-10-4-2-5-11-17)21-22(26(16)18-12-6-3-7-13-18)24-20-15-9-8-14-19(20)23-21/h8-9,14-15,17-18H,2-7,10-13H2,1H3/q+1. The Balaban J connectivity index is 1.76. The maximum absolute atomic E-state index is 5.11. The molecule has 0 aliphatic heterocycles. The minimum atomic E-state index is 0.589. The smallest absolute Gasteiger partial charge is 0.239 e. The first-order valence-electron chi connectivity index (χ1n) is 10.5. The zero-order valence-electron chi connectivity index (χ0n) is 15.8. The Labute approximate surface area is 155 Å². The van der Waals surface area contributed by atoms with Crippen LogP contribution in [0.3, 0.4) is 0 Å². The minimum Gasteiger partial charge on any atom is -0.239 e. The van der Waals surface area contributed by atoms with Crippen molar-refractivity contribution in [3.05, 3.63) is 30.1 Å². The lowest BCUT2D eigenvalue weighted by atomic mass is 9.95. The Morgan fingerprint density at radius 3 is 2.15 bits per heavy atom. The molecule has 0 unspecified atom stereocenters. The highest BCUT2D eigenvalue weighted by molar-refractivity contribution is 5.81. The molecule has 2 aliphatic rings. The van der Waals surface area contributed by atoms with Crippen LogP contribution in [0.4, 0.5) is 0 Å². The second-order valence-corrected chi connectivity index (χ2v) is 8.23. The maximum Gasteiger partial charge on any atom is 0.323 e. The van der Waals surface area contributed by atoms with Crippen LogP contribution in [-0.2, 0) is 0 Å². The first kappa shape index (κ1) is 16.2. The molecule has 0 N–H and O–H groups in total. The highest BCUT2D eigenvalue weighted by Crippen LogP contribution is 2.33. The topological polar surface area (TPSA) is 34.6 Å². The van der Waals surface area contributed by atoms with E-state index in [2.05, 4.69) is 40.3 Å². The quantitative estimate of drug-likeness (QED) is 0.597. The number of imidazole rings is 1. The summed E-state index contributed by atoms with van der Waals surface area (Å²) in [6.07, 6.45) is 13.3. The van der Waals surface area contributed by atoms with Crippen LogP contribution in [0.5, 0.6) is 0 Å². The fourth-order valence-corrected chi connectivity index (χ4v) is 5.28. The van der Waals surface area contributed by atoms with Crippen molar-refractivity contribution in [1.82, 2.24) is 14.5 Å². The molecule has 5 rings (SSSR count). The van der Waals surface area contributed by atoms with Crippen LogP contribution in [0.25, 0.3) is 22.3 Å². The van der Waals surface area contributed by atoms with Gasteiger partial charge in [0.25, 0.3) is 5.65 Å². The van der Waals surface area contributed by atoms with Crippen LogP contribution >= 0.6 is 0 Å². The fourth-order valence-electron chi connectivity index (χ4n) is 5.28. The monoisotopic (exact) mass is 349 g/mol. The van der Waals surface area contributed by atoms with E-state index < -0.39 is 0 Å². The van der Waals surface area contributed by atoms with E-state index in [1.807, 2.05) is 0 Å². The minimum absolute atomic E-state index is 0.589. The van der Waals surface area contributed by atoms with Crippen molar-refractivity contribution in [3.63, 3.8) is 0 Å². The van der Waals surface area contributed by atoms with Gasteiger partial charge in [-0.1, -0.05) is 30.0 Å². The normalized spacial score (nSPS) is 20.2. The molecule has 0 bridgehead atoms. The van der Waals surface area contributed by atoms with Gasteiger partial charge in [0.2, 0.25) is 5.82 Å². The molecule has 3 aromatic rings. The van der Waals surface area contributed by atoms with Gasteiger partial charge in [0, 0.05) is 6.92 Å². The first-order valence-corrected chi connectivity index (χ1v) is 10.5. The van der Waals surface area contributed by atoms with Crippen molar-refractivity contribution in [1.29, 1.82) is 0 Å². The van der Waals surface area contributed by atoms with Crippen LogP contribution in [-0.4, -0.2) is 14.5 Å². The second kappa shape index (κ2) is 6.64. The van der Waals surface area contributed by atoms with Crippen molar-refractivity contribution in [2.24, 2.45) is 0 Å². The molecule has 1 aromatic carbocycles. The molecule has 4 nitrogen and oxygen atoms in total. The summed E-state index contributed by atoms with van der Waals surface area (Å²) in [5, 5.41) is 0. The zero-order valence-corrected chi connectivity index (χ0v) is 15.8. The Morgan fingerprint density at radius 1 is 0.846 bits per heavy atom. The number of hydrogen-bond acceptors (Lipinski definition) is 2. The highest BCUT2D eigenvalue weighted by atomic mass is 15.3. The number of aromatic nitrogens is 4. The predicted molar refractivity (Wildman–Crippen MR) is 104 cm³/mol. The molecule has 2 fully saturated rings. The van der Waals surface area contributed by atoms with Crippen molar-refractivity contribution in [2.45, 2.75) is 83.2 Å². The van der Waals surface area contributed by atoms with Crippen molar-refractivity contribution in [3.8, 4) is 0 Å². The van der Waals surface area contributed by atoms with Gasteiger partial charge in [0.15, 0.2) is 5.52 Å². The van der Waals surface area contributed by atoms with E-state index in [4.69, 9.17) is 9.97 Å². The van der Waals surface area contributed by atoms with Crippen molar-refractivity contribution >= 4 is 22.3 Å². The molecule has 26 heavy (non-hydrogen) atoms. The molecule has 2 saturated carbocycles. The third kappa shape index (κ3) is 2.62. The van der Waals surface area contributed by atoms with Gasteiger partial charge in [-0.05, 0) is 63.5 Å². The van der Waals surface area contributed by atoms with Crippen molar-refractivity contribution in [2.75, 3.05) is 0 Å². The van der Waals surface area contributed by atoms with E-state index in [-0.39, 0.29) is 0 Å². The summed E-state index contributed by atoms with van der Waals surface area (Å²) in [4.78, 5) is 10.2. The summed E-state index contributed by atoms with van der Waals surface area (Å²) in [7, 11) is 0. The average Bonchev–Trinajstić information content (AvgIpc) is 2.98. The second-order valence-electron chi connectivity index (χ2n) is 8.23. The maximum atomic E-state index is 5.11. The van der Waals surface area contributed by atoms with Gasteiger partial charge in [-0.3, -0.25) is 0 Å². The molecule has 4 heteroatoms. The van der Waals surface area contributed by atoms with E-state index >= 15 is 0 Å². The van der Waals surface area contributed by atoms with Crippen LogP contribution in [0.15, 0.2) is 24.3 Å². The van der Waals surface area contributed by atoms with Crippen LogP contribution in [0, 0.1) is 6.92 Å². The van der Waals surface area contributed by atoms with Crippen molar-refractivity contribution < 1.29 is 4.57 Å². The molecule has 2 aromatic heterocycles. The van der Waals surface area contributed by atoms with Gasteiger partial charge in [0.1, 0.15) is 5.52 Å². The Bertz CT molecular complexity index is 856. The summed E-state index contributed by atoms with van der Waals surface area (Å²) >= 11 is 0. The molecule has 0 amide bonds. The van der Waals surface area contributed by atoms with Gasteiger partial charge in [0.05, 0.1) is 12.1 Å². The van der Waals surface area contributed by atoms with E-state index in [9.17, 15) is 0 Å². The summed E-state index contributed by atoms with van der Waals surface area (Å²) in [6.45, 7) is 2.30. The Hall–Kier alpha value is -1.97. The number of nitrogens with zero attached hydrogens (tertiary/aromatic N) is 4. The lowest BCUT2D eigenvalue weighted by Gasteiger charge is -2.23. The van der Waals surface area contributed by atoms with Gasteiger partial charge >= 0.3 is 5.65 Å². The summed E-state index contributed by atoms with van der Waals surface area (Å²) in [5.74, 6) is 1.37. The molecule has 0 atom stereocenters. The zero-order chi connectivity index (χ0) is 17.5. The van der Waals surface area contributed by atoms with E-state index in [1.54, 1.807) is 0 Å². The third-order valence-corrected chi connectivity index (χ3v) is 6.57. The lowest BCUT2D eigenvalue weighted by molar-refractivity contribution is -0.709. The Kier molecular flexibility index (Phi) is 4.14. The number of fused-ring (bicyclic) bond motifs is 2. The molecule has 2 heterocycles. The summed E-state index contributed by atoms with van der Waals surface area (Å²) < 4.78 is 5.09. The lowest BCUT2D eigenvalue weighted by Crippen LogP contribution is -2.43. The molecular weight excluding hydrogens is 320 g/mol.